The molecule has 2 aliphatic rings. The van der Waals surface area contributed by atoms with Crippen LogP contribution in [0.1, 0.15) is 42.9 Å². The number of carbonyl (C=O) groups excluding carboxylic acids is 2. The number of benzene rings is 3. The van der Waals surface area contributed by atoms with E-state index in [0.717, 1.165) is 44.5 Å². The van der Waals surface area contributed by atoms with Crippen molar-refractivity contribution >= 4 is 34.9 Å². The second-order valence-electron chi connectivity index (χ2n) is 11.2. The lowest BCUT2D eigenvalue weighted by Crippen LogP contribution is -2.53. The lowest BCUT2D eigenvalue weighted by molar-refractivity contribution is -0.136. The van der Waals surface area contributed by atoms with Crippen molar-refractivity contribution in [3.63, 3.8) is 0 Å². The predicted octanol–water partition coefficient (Wildman–Crippen LogP) is 7.09. The van der Waals surface area contributed by atoms with Crippen LogP contribution in [0, 0.1) is 5.92 Å². The van der Waals surface area contributed by atoms with Crippen LogP contribution in [-0.2, 0) is 27.0 Å². The number of nitrogens with zero attached hydrogens (tertiary/aromatic N) is 2. The van der Waals surface area contributed by atoms with E-state index in [4.69, 9.17) is 23.2 Å². The summed E-state index contributed by atoms with van der Waals surface area (Å²) in [6.45, 7) is 4.19. The minimum atomic E-state index is -0.592. The number of likely N-dealkylation sites (tertiary alicyclic amines) is 1. The average molecular weight is 576 g/mol. The van der Waals surface area contributed by atoms with Gasteiger partial charge in [-0.05, 0) is 66.5 Å². The van der Waals surface area contributed by atoms with Gasteiger partial charge in [0.15, 0.2) is 5.78 Å². The van der Waals surface area contributed by atoms with Crippen LogP contribution in [-0.4, -0.2) is 48.2 Å². The molecule has 3 aromatic carbocycles. The first kappa shape index (κ1) is 28.6. The Bertz CT molecular complexity index is 1380. The highest BCUT2D eigenvalue weighted by molar-refractivity contribution is 6.42. The van der Waals surface area contributed by atoms with E-state index in [0.29, 0.717) is 16.5 Å². The summed E-state index contributed by atoms with van der Waals surface area (Å²) in [6.07, 6.45) is 6.93. The van der Waals surface area contributed by atoms with Crippen molar-refractivity contribution in [2.75, 3.05) is 26.7 Å². The monoisotopic (exact) mass is 574 g/mol. The van der Waals surface area contributed by atoms with E-state index >= 15 is 0 Å². The van der Waals surface area contributed by atoms with Crippen molar-refractivity contribution < 1.29 is 9.59 Å². The highest BCUT2D eigenvalue weighted by atomic mass is 35.5. The molecule has 2 unspecified atom stereocenters. The Morgan fingerprint density at radius 2 is 1.57 bits per heavy atom. The van der Waals surface area contributed by atoms with E-state index in [2.05, 4.69) is 29.2 Å². The van der Waals surface area contributed by atoms with Gasteiger partial charge < -0.3 is 9.80 Å². The number of hydrogen-bond acceptors (Lipinski definition) is 3. The Morgan fingerprint density at radius 1 is 0.925 bits per heavy atom. The average Bonchev–Trinajstić information content (AvgIpc) is 3.70. The number of halogens is 2. The normalized spacial score (nSPS) is 22.2. The fraction of sp³-hybridized carbons (Fsp3) is 0.353. The fourth-order valence-electron chi connectivity index (χ4n) is 6.47. The maximum Gasteiger partial charge on any atom is 0.219 e. The smallest absolute Gasteiger partial charge is 0.219 e. The summed E-state index contributed by atoms with van der Waals surface area (Å²) in [6, 6.07) is 26.1. The SMILES string of the molecule is CC(=O)N(C)C1(c2ccccc2)CCN(CC2CC2(C(=O)C=CCc2ccccc2)c2ccc(Cl)c(Cl)c2)CC1. The van der Waals surface area contributed by atoms with Gasteiger partial charge in [0, 0.05) is 33.6 Å². The molecule has 0 N–H and O–H groups in total. The van der Waals surface area contributed by atoms with Gasteiger partial charge in [-0.1, -0.05) is 96.0 Å². The van der Waals surface area contributed by atoms with E-state index < -0.39 is 5.41 Å². The quantitative estimate of drug-likeness (QED) is 0.256. The first-order valence-electron chi connectivity index (χ1n) is 14.0. The molecule has 0 radical (unpaired) electrons. The second kappa shape index (κ2) is 11.9. The zero-order valence-electron chi connectivity index (χ0n) is 23.2. The van der Waals surface area contributed by atoms with Gasteiger partial charge in [-0.3, -0.25) is 9.59 Å². The highest BCUT2D eigenvalue weighted by Crippen LogP contribution is 2.56. The number of carbonyl (C=O) groups is 2. The Labute approximate surface area is 247 Å². The molecule has 208 valence electrons. The van der Waals surface area contributed by atoms with Gasteiger partial charge in [-0.2, -0.15) is 0 Å². The molecule has 0 bridgehead atoms. The molecule has 4 nitrogen and oxygen atoms in total. The molecule has 1 amide bonds. The number of piperidine rings is 1. The van der Waals surface area contributed by atoms with E-state index in [-0.39, 0.29) is 23.1 Å². The van der Waals surface area contributed by atoms with Crippen LogP contribution in [0.5, 0.6) is 0 Å². The van der Waals surface area contributed by atoms with Gasteiger partial charge in [0.1, 0.15) is 0 Å². The van der Waals surface area contributed by atoms with Crippen LogP contribution >= 0.6 is 23.2 Å². The maximum atomic E-state index is 13.8. The van der Waals surface area contributed by atoms with Crippen molar-refractivity contribution in [1.82, 2.24) is 9.80 Å². The highest BCUT2D eigenvalue weighted by Gasteiger charge is 2.60. The van der Waals surface area contributed by atoms with Gasteiger partial charge in [0.05, 0.1) is 21.0 Å². The van der Waals surface area contributed by atoms with Crippen LogP contribution in [0.25, 0.3) is 0 Å². The molecule has 0 aromatic heterocycles. The van der Waals surface area contributed by atoms with Gasteiger partial charge in [-0.25, -0.2) is 0 Å². The van der Waals surface area contributed by atoms with Crippen molar-refractivity contribution in [3.8, 4) is 0 Å². The molecule has 1 saturated carbocycles. The summed E-state index contributed by atoms with van der Waals surface area (Å²) in [5.41, 5.74) is 2.39. The zero-order chi connectivity index (χ0) is 28.3. The third-order valence-corrected chi connectivity index (χ3v) is 9.77. The Balaban J connectivity index is 1.33. The molecule has 3 aromatic rings. The van der Waals surface area contributed by atoms with Crippen molar-refractivity contribution in [2.45, 2.75) is 43.6 Å². The molecule has 1 aliphatic heterocycles. The number of allylic oxidation sites excluding steroid dienone is 2. The van der Waals surface area contributed by atoms with Gasteiger partial charge >= 0.3 is 0 Å². The molecule has 1 heterocycles. The molecule has 40 heavy (non-hydrogen) atoms. The molecule has 2 fully saturated rings. The van der Waals surface area contributed by atoms with Crippen molar-refractivity contribution in [2.24, 2.45) is 5.92 Å². The Morgan fingerprint density at radius 3 is 2.20 bits per heavy atom. The Kier molecular flexibility index (Phi) is 8.51. The van der Waals surface area contributed by atoms with Crippen LogP contribution < -0.4 is 0 Å². The summed E-state index contributed by atoms with van der Waals surface area (Å²) in [5.74, 6) is 0.387. The van der Waals surface area contributed by atoms with E-state index in [1.54, 1.807) is 19.1 Å². The van der Waals surface area contributed by atoms with Crippen LogP contribution in [0.4, 0.5) is 0 Å². The molecule has 6 heteroatoms. The van der Waals surface area contributed by atoms with E-state index in [1.165, 1.54) is 11.1 Å². The number of hydrogen-bond donors (Lipinski definition) is 0. The Hall–Kier alpha value is -2.92. The molecule has 5 rings (SSSR count). The number of rotatable bonds is 9. The summed E-state index contributed by atoms with van der Waals surface area (Å²) < 4.78 is 0. The minimum absolute atomic E-state index is 0.0750. The zero-order valence-corrected chi connectivity index (χ0v) is 24.7. The van der Waals surface area contributed by atoms with Crippen molar-refractivity contribution in [1.29, 1.82) is 0 Å². The first-order valence-corrected chi connectivity index (χ1v) is 14.7. The lowest BCUT2D eigenvalue weighted by Gasteiger charge is -2.47. The van der Waals surface area contributed by atoms with Gasteiger partial charge in [-0.15, -0.1) is 0 Å². The van der Waals surface area contributed by atoms with Gasteiger partial charge in [0.2, 0.25) is 5.91 Å². The minimum Gasteiger partial charge on any atom is -0.336 e. The fourth-order valence-corrected chi connectivity index (χ4v) is 6.77. The molecule has 0 spiro atoms. The molecular formula is C34H36Cl2N2O2. The van der Waals surface area contributed by atoms with E-state index in [1.807, 2.05) is 66.6 Å². The number of amides is 1. The third kappa shape index (κ3) is 5.63. The maximum absolute atomic E-state index is 13.8. The second-order valence-corrected chi connectivity index (χ2v) is 12.0. The van der Waals surface area contributed by atoms with Crippen LogP contribution in [0.15, 0.2) is 91.0 Å². The summed E-state index contributed by atoms with van der Waals surface area (Å²) >= 11 is 12.6. The van der Waals surface area contributed by atoms with Crippen molar-refractivity contribution in [3.05, 3.63) is 118 Å². The summed E-state index contributed by atoms with van der Waals surface area (Å²) in [5, 5.41) is 0.968. The molecule has 1 aliphatic carbocycles. The number of ketones is 1. The molecular weight excluding hydrogens is 539 g/mol. The molecule has 1 saturated heterocycles. The van der Waals surface area contributed by atoms with Gasteiger partial charge in [0.25, 0.3) is 0 Å². The molecule has 2 atom stereocenters. The van der Waals surface area contributed by atoms with Crippen LogP contribution in [0.2, 0.25) is 10.0 Å². The van der Waals surface area contributed by atoms with E-state index in [9.17, 15) is 9.59 Å². The first-order chi connectivity index (χ1) is 19.3. The topological polar surface area (TPSA) is 40.6 Å². The van der Waals surface area contributed by atoms with Crippen LogP contribution in [0.3, 0.4) is 0 Å². The third-order valence-electron chi connectivity index (χ3n) is 9.03. The lowest BCUT2D eigenvalue weighted by atomic mass is 9.79. The standard InChI is InChI=1S/C34H36Cl2N2O2/c1-25(39)37(2)33(27-13-7-4-8-14-27)18-20-38(21-19-33)24-29-23-34(29,28-16-17-30(35)31(36)22-28)32(40)15-9-12-26-10-5-3-6-11-26/h3-11,13-17,22,29H,12,18-21,23-24H2,1-2H3. The predicted molar refractivity (Wildman–Crippen MR) is 163 cm³/mol. The largest absolute Gasteiger partial charge is 0.336 e. The summed E-state index contributed by atoms with van der Waals surface area (Å²) in [4.78, 5) is 30.7. The summed E-state index contributed by atoms with van der Waals surface area (Å²) in [7, 11) is 1.92.